The van der Waals surface area contributed by atoms with Gasteiger partial charge in [-0.15, -0.1) is 11.3 Å². The minimum atomic E-state index is -1.27. The molecule has 8 heteroatoms. The molecule has 0 bridgehead atoms. The minimum Gasteiger partial charge on any atom is -0.374 e. The minimum absolute atomic E-state index is 0.267. The van der Waals surface area contributed by atoms with Gasteiger partial charge in [-0.2, -0.15) is 0 Å². The van der Waals surface area contributed by atoms with E-state index in [0.29, 0.717) is 33.0 Å². The molecule has 0 amide bonds. The molecule has 3 heterocycles. The van der Waals surface area contributed by atoms with Crippen molar-refractivity contribution in [1.29, 1.82) is 0 Å². The monoisotopic (exact) mass is 810 g/mol. The number of halogens is 1. The van der Waals surface area contributed by atoms with E-state index in [1.54, 1.807) is 11.3 Å². The summed E-state index contributed by atoms with van der Waals surface area (Å²) in [7, 11) is 0. The van der Waals surface area contributed by atoms with Crippen LogP contribution in [0.3, 0.4) is 0 Å². The SMILES string of the molecule is Ic1csc2cc3c(cc12)[C@]1(OC3)O[C@H](COCc2ccccc2)[C@H](OCc2ccccc2)[C@H](OCc2ccccc2)[C@H]1OCc1ccccc1. The first-order valence-corrected chi connectivity index (χ1v) is 19.2. The fourth-order valence-electron chi connectivity index (χ4n) is 6.96. The third kappa shape index (κ3) is 7.70. The largest absolute Gasteiger partial charge is 0.374 e. The molecule has 2 aliphatic rings. The van der Waals surface area contributed by atoms with Gasteiger partial charge in [-0.25, -0.2) is 0 Å². The Bertz CT molecular complexity index is 2010. The van der Waals surface area contributed by atoms with E-state index >= 15 is 0 Å². The molecule has 51 heavy (non-hydrogen) atoms. The topological polar surface area (TPSA) is 55.4 Å². The van der Waals surface area contributed by atoms with E-state index in [2.05, 4.69) is 88.6 Å². The molecule has 5 aromatic carbocycles. The lowest BCUT2D eigenvalue weighted by molar-refractivity contribution is -0.387. The first-order chi connectivity index (χ1) is 25.2. The molecule has 5 atom stereocenters. The van der Waals surface area contributed by atoms with Gasteiger partial charge in [-0.3, -0.25) is 0 Å². The first-order valence-electron chi connectivity index (χ1n) is 17.3. The van der Waals surface area contributed by atoms with Gasteiger partial charge in [0.25, 0.3) is 0 Å². The molecule has 0 radical (unpaired) electrons. The summed E-state index contributed by atoms with van der Waals surface area (Å²) < 4.78 is 43.9. The molecule has 1 spiro atoms. The quantitative estimate of drug-likeness (QED) is 0.108. The highest BCUT2D eigenvalue weighted by atomic mass is 127. The van der Waals surface area contributed by atoms with Crippen LogP contribution in [0.15, 0.2) is 139 Å². The molecule has 8 rings (SSSR count). The summed E-state index contributed by atoms with van der Waals surface area (Å²) in [6.07, 6.45) is -2.35. The molecule has 1 saturated heterocycles. The van der Waals surface area contributed by atoms with Crippen molar-refractivity contribution in [1.82, 2.24) is 0 Å². The molecule has 0 unspecified atom stereocenters. The molecule has 0 N–H and O–H groups in total. The second-order valence-corrected chi connectivity index (χ2v) is 15.0. The molecule has 6 aromatic rings. The maximum Gasteiger partial charge on any atom is 0.226 e. The zero-order valence-electron chi connectivity index (χ0n) is 28.1. The van der Waals surface area contributed by atoms with E-state index in [1.165, 1.54) is 13.7 Å². The van der Waals surface area contributed by atoms with Crippen LogP contribution in [0, 0.1) is 3.57 Å². The highest BCUT2D eigenvalue weighted by Gasteiger charge is 2.61. The van der Waals surface area contributed by atoms with E-state index in [4.69, 9.17) is 28.4 Å². The van der Waals surface area contributed by atoms with E-state index in [9.17, 15) is 0 Å². The average Bonchev–Trinajstić information content (AvgIpc) is 3.73. The number of rotatable bonds is 13. The van der Waals surface area contributed by atoms with Crippen LogP contribution in [0.4, 0.5) is 0 Å². The number of benzene rings is 5. The summed E-state index contributed by atoms with van der Waals surface area (Å²) >= 11 is 4.16. The second kappa shape index (κ2) is 16.1. The number of ether oxygens (including phenoxy) is 6. The Kier molecular flexibility index (Phi) is 10.9. The van der Waals surface area contributed by atoms with Gasteiger partial charge in [0.2, 0.25) is 5.79 Å². The summed E-state index contributed by atoms with van der Waals surface area (Å²) in [5.41, 5.74) is 6.30. The van der Waals surface area contributed by atoms with Crippen LogP contribution in [0.1, 0.15) is 33.4 Å². The van der Waals surface area contributed by atoms with Crippen molar-refractivity contribution < 1.29 is 28.4 Å². The maximum atomic E-state index is 7.27. The lowest BCUT2D eigenvalue weighted by Gasteiger charge is -2.51. The van der Waals surface area contributed by atoms with Crippen molar-refractivity contribution in [2.45, 2.75) is 63.2 Å². The van der Waals surface area contributed by atoms with Crippen LogP contribution < -0.4 is 0 Å². The summed E-state index contributed by atoms with van der Waals surface area (Å²) in [5.74, 6) is -1.27. The third-order valence-electron chi connectivity index (χ3n) is 9.50. The number of hydrogen-bond donors (Lipinski definition) is 0. The van der Waals surface area contributed by atoms with E-state index < -0.39 is 30.2 Å². The van der Waals surface area contributed by atoms with Crippen LogP contribution in [0.5, 0.6) is 0 Å². The molecule has 6 nitrogen and oxygen atoms in total. The van der Waals surface area contributed by atoms with Crippen molar-refractivity contribution in [2.24, 2.45) is 0 Å². The van der Waals surface area contributed by atoms with Crippen LogP contribution in [-0.2, 0) is 67.2 Å². The van der Waals surface area contributed by atoms with E-state index in [-0.39, 0.29) is 6.61 Å². The highest BCUT2D eigenvalue weighted by molar-refractivity contribution is 14.1. The van der Waals surface area contributed by atoms with E-state index in [1.807, 2.05) is 72.8 Å². The number of fused-ring (bicyclic) bond motifs is 3. The molecule has 1 fully saturated rings. The second-order valence-electron chi connectivity index (χ2n) is 12.9. The molecule has 2 aliphatic heterocycles. The lowest BCUT2D eigenvalue weighted by Crippen LogP contribution is -2.65. The zero-order valence-corrected chi connectivity index (χ0v) is 31.0. The zero-order chi connectivity index (χ0) is 34.5. The Labute approximate surface area is 316 Å². The van der Waals surface area contributed by atoms with Gasteiger partial charge in [0.15, 0.2) is 0 Å². The Balaban J connectivity index is 1.21. The first kappa shape index (κ1) is 34.6. The van der Waals surface area contributed by atoms with Crippen LogP contribution in [-0.4, -0.2) is 31.0 Å². The maximum absolute atomic E-state index is 7.27. The molecule has 0 aliphatic carbocycles. The Hall–Kier alpha value is -3.45. The Morgan fingerprint density at radius 1 is 0.647 bits per heavy atom. The summed E-state index contributed by atoms with van der Waals surface area (Å²) in [4.78, 5) is 0. The number of thiophene rings is 1. The Morgan fingerprint density at radius 3 is 1.76 bits per heavy atom. The smallest absolute Gasteiger partial charge is 0.226 e. The Morgan fingerprint density at radius 2 is 1.18 bits per heavy atom. The van der Waals surface area contributed by atoms with Crippen LogP contribution >= 0.6 is 33.9 Å². The van der Waals surface area contributed by atoms with Crippen molar-refractivity contribution in [3.05, 3.63) is 176 Å². The van der Waals surface area contributed by atoms with Crippen molar-refractivity contribution in [2.75, 3.05) is 6.61 Å². The lowest BCUT2D eigenvalue weighted by atomic mass is 9.86. The molecule has 1 aromatic heterocycles. The standard InChI is InChI=1S/C43H39IO6S/c44-37-29-51-39-21-34-27-49-43(36(34)22-35(37)39)42(48-26-33-19-11-4-12-20-33)41(47-25-32-17-9-3-10-18-32)40(46-24-31-15-7-2-8-16-31)38(50-43)28-45-23-30-13-5-1-6-14-30/h1-22,29,38,40-42H,23-28H2/t38-,40+,41+,42-,43+/m1/s1. The van der Waals surface area contributed by atoms with Gasteiger partial charge < -0.3 is 28.4 Å². The van der Waals surface area contributed by atoms with Gasteiger partial charge >= 0.3 is 0 Å². The van der Waals surface area contributed by atoms with Gasteiger partial charge in [-0.1, -0.05) is 121 Å². The number of hydrogen-bond acceptors (Lipinski definition) is 7. The summed E-state index contributed by atoms with van der Waals surface area (Å²) in [6.45, 7) is 2.18. The van der Waals surface area contributed by atoms with E-state index in [0.717, 1.165) is 33.4 Å². The highest BCUT2D eigenvalue weighted by Crippen LogP contribution is 2.50. The molecular weight excluding hydrogens is 771 g/mol. The van der Waals surface area contributed by atoms with Crippen molar-refractivity contribution >= 4 is 44.0 Å². The van der Waals surface area contributed by atoms with Crippen LogP contribution in [0.2, 0.25) is 0 Å². The normalized spacial score (nSPS) is 22.8. The van der Waals surface area contributed by atoms with Crippen molar-refractivity contribution in [3.8, 4) is 0 Å². The summed E-state index contributed by atoms with van der Waals surface area (Å²) in [6, 6.07) is 45.3. The predicted molar refractivity (Wildman–Crippen MR) is 207 cm³/mol. The third-order valence-corrected chi connectivity index (χ3v) is 11.8. The fourth-order valence-corrected chi connectivity index (χ4v) is 8.84. The van der Waals surface area contributed by atoms with Gasteiger partial charge in [-0.05, 0) is 62.5 Å². The fraction of sp³-hybridized carbons (Fsp3) is 0.256. The van der Waals surface area contributed by atoms with Gasteiger partial charge in [0, 0.05) is 24.6 Å². The van der Waals surface area contributed by atoms with Gasteiger partial charge in [0.1, 0.15) is 24.4 Å². The molecule has 0 saturated carbocycles. The summed E-state index contributed by atoms with van der Waals surface area (Å²) in [5, 5.41) is 3.37. The average molecular weight is 811 g/mol. The molecular formula is C43H39IO6S. The molecule has 260 valence electrons. The van der Waals surface area contributed by atoms with Crippen molar-refractivity contribution in [3.63, 3.8) is 0 Å². The predicted octanol–water partition coefficient (Wildman–Crippen LogP) is 9.56. The van der Waals surface area contributed by atoms with Gasteiger partial charge in [0.05, 0.1) is 39.6 Å². The van der Waals surface area contributed by atoms with Crippen LogP contribution in [0.25, 0.3) is 10.1 Å².